The molecule has 9 heteroatoms. The molecular formula is C15H11N3O4S2. The Hall–Kier alpha value is -2.78. The zero-order valence-corrected chi connectivity index (χ0v) is 13.8. The van der Waals surface area contributed by atoms with Gasteiger partial charge in [0.1, 0.15) is 16.5 Å². The van der Waals surface area contributed by atoms with Crippen molar-refractivity contribution in [2.45, 2.75) is 6.54 Å². The number of aromatic hydroxyl groups is 1. The number of hydrogen-bond donors (Lipinski definition) is 2. The molecule has 0 saturated carbocycles. The third kappa shape index (κ3) is 3.42. The first-order chi connectivity index (χ1) is 11.5. The summed E-state index contributed by atoms with van der Waals surface area (Å²) in [7, 11) is 0. The molecule has 2 N–H and O–H groups in total. The maximum Gasteiger partial charge on any atom is 0.271 e. The predicted octanol–water partition coefficient (Wildman–Crippen LogP) is 3.42. The molecule has 0 radical (unpaired) electrons. The van der Waals surface area contributed by atoms with Gasteiger partial charge >= 0.3 is 0 Å². The maximum absolute atomic E-state index is 12.2. The Morgan fingerprint density at radius 2 is 2.17 bits per heavy atom. The van der Waals surface area contributed by atoms with Crippen LogP contribution in [0.4, 0.5) is 5.69 Å². The van der Waals surface area contributed by atoms with Crippen molar-refractivity contribution in [3.05, 3.63) is 61.8 Å². The number of nitrogens with one attached hydrogen (secondary N) is 1. The Morgan fingerprint density at radius 3 is 2.88 bits per heavy atom. The molecule has 2 heterocycles. The van der Waals surface area contributed by atoms with Gasteiger partial charge in [0.15, 0.2) is 0 Å². The van der Waals surface area contributed by atoms with Crippen molar-refractivity contribution >= 4 is 34.3 Å². The summed E-state index contributed by atoms with van der Waals surface area (Å²) in [6.45, 7) is -0.0301. The van der Waals surface area contributed by atoms with Gasteiger partial charge in [-0.1, -0.05) is 0 Å². The van der Waals surface area contributed by atoms with Crippen LogP contribution in [0.25, 0.3) is 10.6 Å². The number of carbonyl (C=O) groups is 1. The van der Waals surface area contributed by atoms with E-state index in [0.717, 1.165) is 10.6 Å². The fourth-order valence-corrected chi connectivity index (χ4v) is 3.50. The van der Waals surface area contributed by atoms with E-state index in [2.05, 4.69) is 10.3 Å². The number of nitro groups is 1. The van der Waals surface area contributed by atoms with Crippen molar-refractivity contribution in [3.8, 4) is 16.3 Å². The van der Waals surface area contributed by atoms with Gasteiger partial charge in [0, 0.05) is 40.6 Å². The highest BCUT2D eigenvalue weighted by molar-refractivity contribution is 7.14. The van der Waals surface area contributed by atoms with Crippen molar-refractivity contribution in [1.82, 2.24) is 10.3 Å². The Balaban J connectivity index is 1.70. The van der Waals surface area contributed by atoms with Gasteiger partial charge in [-0.15, -0.1) is 11.3 Å². The summed E-state index contributed by atoms with van der Waals surface area (Å²) in [6, 6.07) is 5.59. The lowest BCUT2D eigenvalue weighted by Crippen LogP contribution is -2.23. The monoisotopic (exact) mass is 361 g/mol. The largest absolute Gasteiger partial charge is 0.508 e. The van der Waals surface area contributed by atoms with Gasteiger partial charge < -0.3 is 10.4 Å². The summed E-state index contributed by atoms with van der Waals surface area (Å²) in [5.74, 6) is -0.517. The second-order valence-corrected chi connectivity index (χ2v) is 6.44. The lowest BCUT2D eigenvalue weighted by Gasteiger charge is -2.05. The average molecular weight is 361 g/mol. The molecule has 0 aliphatic heterocycles. The van der Waals surface area contributed by atoms with Crippen LogP contribution in [0.3, 0.4) is 0 Å². The highest BCUT2D eigenvalue weighted by atomic mass is 32.1. The third-order valence-corrected chi connectivity index (χ3v) is 4.79. The molecule has 3 rings (SSSR count). The van der Waals surface area contributed by atoms with Gasteiger partial charge in [0.05, 0.1) is 4.92 Å². The van der Waals surface area contributed by atoms with Crippen LogP contribution < -0.4 is 5.32 Å². The van der Waals surface area contributed by atoms with E-state index in [1.807, 2.05) is 16.8 Å². The summed E-state index contributed by atoms with van der Waals surface area (Å²) >= 11 is 2.91. The third-order valence-electron chi connectivity index (χ3n) is 3.22. The molecule has 122 valence electrons. The van der Waals surface area contributed by atoms with E-state index in [4.69, 9.17) is 0 Å². The first-order valence-corrected chi connectivity index (χ1v) is 8.59. The van der Waals surface area contributed by atoms with Crippen LogP contribution in [0.2, 0.25) is 0 Å². The van der Waals surface area contributed by atoms with Crippen LogP contribution in [0.5, 0.6) is 5.75 Å². The standard InChI is InChI=1S/C15H11N3O4S2/c19-13-2-1-11(18(21)22)5-10(13)6-16-14(20)12-8-24-15(17-12)9-3-4-23-7-9/h1-5,7-8,19H,6H2,(H,16,20). The summed E-state index contributed by atoms with van der Waals surface area (Å²) < 4.78 is 0. The van der Waals surface area contributed by atoms with E-state index in [1.54, 1.807) is 16.7 Å². The molecule has 0 atom stereocenters. The van der Waals surface area contributed by atoms with Crippen LogP contribution in [0.1, 0.15) is 16.1 Å². The first kappa shape index (κ1) is 16.1. The molecule has 24 heavy (non-hydrogen) atoms. The van der Waals surface area contributed by atoms with Gasteiger partial charge in [0.2, 0.25) is 0 Å². The summed E-state index contributed by atoms with van der Waals surface area (Å²) in [6.07, 6.45) is 0. The molecule has 0 fully saturated rings. The van der Waals surface area contributed by atoms with Crippen LogP contribution in [-0.4, -0.2) is 20.9 Å². The minimum atomic E-state index is -0.557. The number of aromatic nitrogens is 1. The number of thiophene rings is 1. The minimum absolute atomic E-state index is 0.0301. The number of benzene rings is 1. The quantitative estimate of drug-likeness (QED) is 0.535. The van der Waals surface area contributed by atoms with Gasteiger partial charge in [-0.25, -0.2) is 4.98 Å². The van der Waals surface area contributed by atoms with Crippen molar-refractivity contribution < 1.29 is 14.8 Å². The van der Waals surface area contributed by atoms with E-state index >= 15 is 0 Å². The van der Waals surface area contributed by atoms with Crippen molar-refractivity contribution in [2.75, 3.05) is 0 Å². The highest BCUT2D eigenvalue weighted by Crippen LogP contribution is 2.26. The number of rotatable bonds is 5. The normalized spacial score (nSPS) is 10.5. The fraction of sp³-hybridized carbons (Fsp3) is 0.0667. The zero-order valence-electron chi connectivity index (χ0n) is 12.1. The Labute approximate surface area is 144 Å². The molecule has 0 saturated heterocycles. The number of nitrogens with zero attached hydrogens (tertiary/aromatic N) is 2. The fourth-order valence-electron chi connectivity index (χ4n) is 1.99. The predicted molar refractivity (Wildman–Crippen MR) is 91.4 cm³/mol. The summed E-state index contributed by atoms with van der Waals surface area (Å²) in [5.41, 5.74) is 1.35. The minimum Gasteiger partial charge on any atom is -0.508 e. The smallest absolute Gasteiger partial charge is 0.271 e. The van der Waals surface area contributed by atoms with Gasteiger partial charge in [-0.05, 0) is 17.5 Å². The number of phenolic OH excluding ortho intramolecular Hbond substituents is 1. The van der Waals surface area contributed by atoms with Crippen molar-refractivity contribution in [2.24, 2.45) is 0 Å². The Bertz CT molecular complexity index is 890. The SMILES string of the molecule is O=C(NCc1cc([N+](=O)[O-])ccc1O)c1csc(-c2ccsc2)n1. The summed E-state index contributed by atoms with van der Waals surface area (Å²) in [4.78, 5) is 26.6. The van der Waals surface area contributed by atoms with E-state index in [-0.39, 0.29) is 29.2 Å². The van der Waals surface area contributed by atoms with Crippen LogP contribution in [0.15, 0.2) is 40.4 Å². The van der Waals surface area contributed by atoms with E-state index in [9.17, 15) is 20.0 Å². The maximum atomic E-state index is 12.2. The van der Waals surface area contributed by atoms with Crippen LogP contribution in [0, 0.1) is 10.1 Å². The second kappa shape index (κ2) is 6.77. The van der Waals surface area contributed by atoms with Crippen LogP contribution in [-0.2, 0) is 6.54 Å². The van der Waals surface area contributed by atoms with Crippen molar-refractivity contribution in [3.63, 3.8) is 0 Å². The molecule has 0 bridgehead atoms. The lowest BCUT2D eigenvalue weighted by atomic mass is 10.1. The van der Waals surface area contributed by atoms with Gasteiger partial charge in [-0.2, -0.15) is 11.3 Å². The summed E-state index contributed by atoms with van der Waals surface area (Å²) in [5, 5.41) is 29.4. The molecular weight excluding hydrogens is 350 g/mol. The first-order valence-electron chi connectivity index (χ1n) is 6.77. The molecule has 3 aromatic rings. The molecule has 1 aromatic carbocycles. The second-order valence-electron chi connectivity index (χ2n) is 4.80. The average Bonchev–Trinajstić information content (AvgIpc) is 3.24. The molecule has 0 spiro atoms. The topological polar surface area (TPSA) is 105 Å². The van der Waals surface area contributed by atoms with Gasteiger partial charge in [0.25, 0.3) is 11.6 Å². The molecule has 0 aliphatic rings. The van der Waals surface area contributed by atoms with E-state index in [1.165, 1.54) is 29.5 Å². The number of phenols is 1. The number of carbonyl (C=O) groups excluding carboxylic acids is 1. The molecule has 0 aliphatic carbocycles. The molecule has 7 nitrogen and oxygen atoms in total. The Morgan fingerprint density at radius 1 is 1.33 bits per heavy atom. The number of non-ortho nitro benzene ring substituents is 1. The number of thiazole rings is 1. The lowest BCUT2D eigenvalue weighted by molar-refractivity contribution is -0.384. The van der Waals surface area contributed by atoms with Crippen LogP contribution >= 0.6 is 22.7 Å². The zero-order chi connectivity index (χ0) is 17.1. The number of nitro benzene ring substituents is 1. The Kier molecular flexibility index (Phi) is 4.54. The highest BCUT2D eigenvalue weighted by Gasteiger charge is 2.14. The molecule has 1 amide bonds. The van der Waals surface area contributed by atoms with Crippen molar-refractivity contribution in [1.29, 1.82) is 0 Å². The van der Waals surface area contributed by atoms with E-state index < -0.39 is 10.8 Å². The molecule has 2 aromatic heterocycles. The molecule has 0 unspecified atom stereocenters. The number of amides is 1. The van der Waals surface area contributed by atoms with E-state index in [0.29, 0.717) is 0 Å². The van der Waals surface area contributed by atoms with Gasteiger partial charge in [-0.3, -0.25) is 14.9 Å². The number of hydrogen-bond acceptors (Lipinski definition) is 7.